The number of primary amides is 1. The Morgan fingerprint density at radius 3 is 2.83 bits per heavy atom. The second kappa shape index (κ2) is 3.76. The van der Waals surface area contributed by atoms with Crippen LogP contribution < -0.4 is 11.1 Å². The summed E-state index contributed by atoms with van der Waals surface area (Å²) in [5.41, 5.74) is 5.16. The van der Waals surface area contributed by atoms with Crippen LogP contribution >= 0.6 is 0 Å². The van der Waals surface area contributed by atoms with Gasteiger partial charge < -0.3 is 16.0 Å². The predicted octanol–water partition coefficient (Wildman–Crippen LogP) is 0.137. The van der Waals surface area contributed by atoms with Gasteiger partial charge in [0.15, 0.2) is 0 Å². The molecule has 2 atom stereocenters. The van der Waals surface area contributed by atoms with E-state index in [2.05, 4.69) is 5.32 Å². The van der Waals surface area contributed by atoms with Crippen LogP contribution in [-0.2, 0) is 0 Å². The third kappa shape index (κ3) is 1.88. The molecule has 0 aromatic carbocycles. The number of likely N-dealkylation sites (N-methyl/N-ethyl adjacent to an activating group) is 1. The van der Waals surface area contributed by atoms with Gasteiger partial charge in [0.25, 0.3) is 0 Å². The van der Waals surface area contributed by atoms with E-state index in [0.717, 1.165) is 13.0 Å². The standard InChI is InChI=1S/C8H17N3O/c1-6(11(2)8(9)12)7-4-3-5-10-7/h6-7,10H,3-5H2,1-2H3,(H2,9,12). The molecule has 1 saturated heterocycles. The first-order valence-electron chi connectivity index (χ1n) is 4.38. The average Bonchev–Trinajstić information content (AvgIpc) is 2.53. The Hall–Kier alpha value is -0.770. The van der Waals surface area contributed by atoms with Gasteiger partial charge in [-0.1, -0.05) is 0 Å². The van der Waals surface area contributed by atoms with E-state index in [0.29, 0.717) is 6.04 Å². The number of carbonyl (C=O) groups excluding carboxylic acids is 1. The van der Waals surface area contributed by atoms with Crippen molar-refractivity contribution in [1.29, 1.82) is 0 Å². The topological polar surface area (TPSA) is 58.4 Å². The number of amides is 2. The monoisotopic (exact) mass is 171 g/mol. The number of nitrogens with two attached hydrogens (primary N) is 1. The first-order chi connectivity index (χ1) is 5.63. The largest absolute Gasteiger partial charge is 0.351 e. The highest BCUT2D eigenvalue weighted by atomic mass is 16.2. The zero-order valence-electron chi connectivity index (χ0n) is 7.71. The molecule has 0 radical (unpaired) electrons. The molecule has 0 aromatic heterocycles. The summed E-state index contributed by atoms with van der Waals surface area (Å²) in [7, 11) is 1.74. The fourth-order valence-electron chi connectivity index (χ4n) is 1.59. The molecule has 0 bridgehead atoms. The molecular formula is C8H17N3O. The van der Waals surface area contributed by atoms with Crippen molar-refractivity contribution in [3.8, 4) is 0 Å². The number of hydrogen-bond donors (Lipinski definition) is 2. The molecule has 4 heteroatoms. The summed E-state index contributed by atoms with van der Waals surface area (Å²) in [5, 5.41) is 3.34. The number of hydrogen-bond acceptors (Lipinski definition) is 2. The second-order valence-electron chi connectivity index (χ2n) is 3.39. The van der Waals surface area contributed by atoms with Gasteiger partial charge in [-0.15, -0.1) is 0 Å². The third-order valence-corrected chi connectivity index (χ3v) is 2.64. The first-order valence-corrected chi connectivity index (χ1v) is 4.38. The maximum Gasteiger partial charge on any atom is 0.314 e. The van der Waals surface area contributed by atoms with Crippen molar-refractivity contribution < 1.29 is 4.79 Å². The van der Waals surface area contributed by atoms with Crippen molar-refractivity contribution in [1.82, 2.24) is 10.2 Å². The molecule has 0 saturated carbocycles. The third-order valence-electron chi connectivity index (χ3n) is 2.64. The molecule has 70 valence electrons. The molecular weight excluding hydrogens is 154 g/mol. The maximum atomic E-state index is 10.8. The number of rotatable bonds is 2. The Kier molecular flexibility index (Phi) is 2.92. The minimum absolute atomic E-state index is 0.199. The van der Waals surface area contributed by atoms with Gasteiger partial charge in [0, 0.05) is 19.1 Å². The molecule has 12 heavy (non-hydrogen) atoms. The molecule has 1 rings (SSSR count). The van der Waals surface area contributed by atoms with Gasteiger partial charge in [0.05, 0.1) is 0 Å². The minimum atomic E-state index is -0.351. The van der Waals surface area contributed by atoms with Crippen molar-refractivity contribution in [2.45, 2.75) is 31.8 Å². The predicted molar refractivity (Wildman–Crippen MR) is 47.8 cm³/mol. The van der Waals surface area contributed by atoms with E-state index >= 15 is 0 Å². The van der Waals surface area contributed by atoms with Crippen LogP contribution in [0, 0.1) is 0 Å². The molecule has 1 aliphatic heterocycles. The number of urea groups is 1. The molecule has 3 N–H and O–H groups in total. The molecule has 1 heterocycles. The van der Waals surface area contributed by atoms with Gasteiger partial charge in [-0.2, -0.15) is 0 Å². The Morgan fingerprint density at radius 1 is 1.75 bits per heavy atom. The summed E-state index contributed by atoms with van der Waals surface area (Å²) >= 11 is 0. The Bertz CT molecular complexity index is 166. The van der Waals surface area contributed by atoms with Gasteiger partial charge in [0.1, 0.15) is 0 Å². The number of carbonyl (C=O) groups is 1. The Balaban J connectivity index is 2.44. The highest BCUT2D eigenvalue weighted by Gasteiger charge is 2.25. The van der Waals surface area contributed by atoms with Crippen molar-refractivity contribution in [2.75, 3.05) is 13.6 Å². The summed E-state index contributed by atoms with van der Waals surface area (Å²) in [6, 6.07) is 0.267. The molecule has 2 unspecified atom stereocenters. The molecule has 4 nitrogen and oxygen atoms in total. The zero-order valence-corrected chi connectivity index (χ0v) is 7.71. The van der Waals surface area contributed by atoms with E-state index in [1.54, 1.807) is 11.9 Å². The zero-order chi connectivity index (χ0) is 9.14. The highest BCUT2D eigenvalue weighted by Crippen LogP contribution is 2.12. The van der Waals surface area contributed by atoms with Crippen LogP contribution in [0.25, 0.3) is 0 Å². The Morgan fingerprint density at radius 2 is 2.42 bits per heavy atom. The van der Waals surface area contributed by atoms with Crippen LogP contribution in [-0.4, -0.2) is 36.6 Å². The van der Waals surface area contributed by atoms with E-state index in [4.69, 9.17) is 5.73 Å². The lowest BCUT2D eigenvalue weighted by Crippen LogP contribution is -2.48. The first kappa shape index (κ1) is 9.32. The van der Waals surface area contributed by atoms with Gasteiger partial charge in [-0.3, -0.25) is 0 Å². The lowest BCUT2D eigenvalue weighted by molar-refractivity contribution is 0.192. The minimum Gasteiger partial charge on any atom is -0.351 e. The summed E-state index contributed by atoms with van der Waals surface area (Å²) in [4.78, 5) is 12.4. The van der Waals surface area contributed by atoms with Crippen molar-refractivity contribution in [3.63, 3.8) is 0 Å². The SMILES string of the molecule is CC(C1CCCN1)N(C)C(N)=O. The summed E-state index contributed by atoms with van der Waals surface area (Å²) < 4.78 is 0. The average molecular weight is 171 g/mol. The van der Waals surface area contributed by atoms with E-state index in [-0.39, 0.29) is 12.1 Å². The molecule has 0 aromatic rings. The molecule has 0 spiro atoms. The van der Waals surface area contributed by atoms with Gasteiger partial charge >= 0.3 is 6.03 Å². The smallest absolute Gasteiger partial charge is 0.314 e. The van der Waals surface area contributed by atoms with Crippen molar-refractivity contribution in [2.24, 2.45) is 5.73 Å². The number of nitrogens with one attached hydrogen (secondary N) is 1. The van der Waals surface area contributed by atoms with E-state index in [1.165, 1.54) is 6.42 Å². The van der Waals surface area contributed by atoms with Gasteiger partial charge in [0.2, 0.25) is 0 Å². The molecule has 0 aliphatic carbocycles. The van der Waals surface area contributed by atoms with Crippen LogP contribution in [0.2, 0.25) is 0 Å². The fourth-order valence-corrected chi connectivity index (χ4v) is 1.59. The normalized spacial score (nSPS) is 25.3. The van der Waals surface area contributed by atoms with Crippen molar-refractivity contribution in [3.05, 3.63) is 0 Å². The Labute approximate surface area is 73.1 Å². The fraction of sp³-hybridized carbons (Fsp3) is 0.875. The molecule has 2 amide bonds. The lowest BCUT2D eigenvalue weighted by Gasteiger charge is -2.28. The second-order valence-corrected chi connectivity index (χ2v) is 3.39. The van der Waals surface area contributed by atoms with Crippen LogP contribution in [0.1, 0.15) is 19.8 Å². The van der Waals surface area contributed by atoms with E-state index in [9.17, 15) is 4.79 Å². The van der Waals surface area contributed by atoms with E-state index in [1.807, 2.05) is 6.92 Å². The summed E-state index contributed by atoms with van der Waals surface area (Å²) in [5.74, 6) is 0. The molecule has 1 fully saturated rings. The number of nitrogens with zero attached hydrogens (tertiary/aromatic N) is 1. The summed E-state index contributed by atoms with van der Waals surface area (Å²) in [6.07, 6.45) is 2.33. The quantitative estimate of drug-likeness (QED) is 0.620. The van der Waals surface area contributed by atoms with E-state index < -0.39 is 0 Å². The van der Waals surface area contributed by atoms with Crippen LogP contribution in [0.15, 0.2) is 0 Å². The van der Waals surface area contributed by atoms with Gasteiger partial charge in [-0.05, 0) is 26.3 Å². The van der Waals surface area contributed by atoms with Crippen LogP contribution in [0.4, 0.5) is 4.79 Å². The van der Waals surface area contributed by atoms with Gasteiger partial charge in [-0.25, -0.2) is 4.79 Å². The van der Waals surface area contributed by atoms with Crippen molar-refractivity contribution >= 4 is 6.03 Å². The van der Waals surface area contributed by atoms with Crippen LogP contribution in [0.5, 0.6) is 0 Å². The highest BCUT2D eigenvalue weighted by molar-refractivity contribution is 5.72. The lowest BCUT2D eigenvalue weighted by atomic mass is 10.1. The maximum absolute atomic E-state index is 10.8. The summed E-state index contributed by atoms with van der Waals surface area (Å²) in [6.45, 7) is 3.08. The van der Waals surface area contributed by atoms with Crippen LogP contribution in [0.3, 0.4) is 0 Å². The molecule has 1 aliphatic rings.